The Kier molecular flexibility index (Phi) is 6.50. The number of aromatic amines is 1. The molecule has 1 aliphatic carbocycles. The van der Waals surface area contributed by atoms with Crippen LogP contribution in [0.3, 0.4) is 0 Å². The van der Waals surface area contributed by atoms with Crippen molar-refractivity contribution in [2.24, 2.45) is 0 Å². The first-order valence-electron chi connectivity index (χ1n) is 9.56. The van der Waals surface area contributed by atoms with E-state index in [1.807, 2.05) is 0 Å². The molecule has 1 heterocycles. The third-order valence-corrected chi connectivity index (χ3v) is 5.46. The molecule has 1 aliphatic rings. The molecule has 10 heteroatoms. The minimum absolute atomic E-state index is 0.0233. The van der Waals surface area contributed by atoms with Crippen LogP contribution in [0.15, 0.2) is 24.5 Å². The minimum atomic E-state index is -2.13. The largest absolute Gasteiger partial charge is 0.348 e. The summed E-state index contributed by atoms with van der Waals surface area (Å²) in [5.74, 6) is -2.18. The number of carbonyl (C=O) groups excluding carboxylic acids is 3. The molecule has 2 aromatic rings. The first kappa shape index (κ1) is 21.9. The topological polar surface area (TPSA) is 104 Å². The van der Waals surface area contributed by atoms with E-state index in [1.54, 1.807) is 6.92 Å². The fourth-order valence-electron chi connectivity index (χ4n) is 3.38. The average Bonchev–Trinajstić information content (AvgIpc) is 3.21. The third-order valence-electron chi connectivity index (χ3n) is 5.15. The number of hydrogen-bond donors (Lipinski definition) is 3. The van der Waals surface area contributed by atoms with Crippen LogP contribution in [-0.2, 0) is 4.79 Å². The van der Waals surface area contributed by atoms with Gasteiger partial charge in [-0.05, 0) is 43.9 Å². The van der Waals surface area contributed by atoms with Gasteiger partial charge in [-0.25, -0.2) is 13.8 Å². The van der Waals surface area contributed by atoms with E-state index in [-0.39, 0.29) is 66.0 Å². The van der Waals surface area contributed by atoms with Crippen LogP contribution in [0.4, 0.5) is 14.5 Å². The second-order valence-electron chi connectivity index (χ2n) is 7.19. The van der Waals surface area contributed by atoms with Crippen LogP contribution in [0.1, 0.15) is 60.0 Å². The highest BCUT2D eigenvalue weighted by Crippen LogP contribution is 2.34. The van der Waals surface area contributed by atoms with Gasteiger partial charge in [0.2, 0.25) is 0 Å². The van der Waals surface area contributed by atoms with Crippen LogP contribution in [0.25, 0.3) is 0 Å². The Morgan fingerprint density at radius 1 is 1.30 bits per heavy atom. The number of hydrogen-bond acceptors (Lipinski definition) is 4. The van der Waals surface area contributed by atoms with E-state index in [2.05, 4.69) is 20.6 Å². The number of imidazole rings is 1. The standard InChI is InChI=1S/C20H21ClF2N4O3/c1-2-15(28)16-17(25-10-24-16)18(29)26-12-5-7-20(23,8-6-12)19(30)27-14-4-3-11(22)9-13(14)21/h3-4,9-10,12H,2,5-8H2,1H3,(H,24,25)(H,26,29)(H,27,30). The Bertz CT molecular complexity index is 971. The average molecular weight is 439 g/mol. The van der Waals surface area contributed by atoms with Gasteiger partial charge >= 0.3 is 0 Å². The number of ketones is 1. The summed E-state index contributed by atoms with van der Waals surface area (Å²) < 4.78 is 28.3. The van der Waals surface area contributed by atoms with Gasteiger partial charge in [0.05, 0.1) is 17.0 Å². The molecule has 3 N–H and O–H groups in total. The molecule has 0 saturated heterocycles. The molecule has 0 bridgehead atoms. The van der Waals surface area contributed by atoms with E-state index in [4.69, 9.17) is 11.6 Å². The van der Waals surface area contributed by atoms with E-state index in [0.29, 0.717) is 0 Å². The fraction of sp³-hybridized carbons (Fsp3) is 0.400. The number of alkyl halides is 1. The van der Waals surface area contributed by atoms with Crippen molar-refractivity contribution in [2.75, 3.05) is 5.32 Å². The lowest BCUT2D eigenvalue weighted by molar-refractivity contribution is -0.129. The molecule has 2 amide bonds. The number of rotatable bonds is 6. The number of nitrogens with one attached hydrogen (secondary N) is 3. The highest BCUT2D eigenvalue weighted by molar-refractivity contribution is 6.33. The molecule has 0 atom stereocenters. The van der Waals surface area contributed by atoms with Gasteiger partial charge in [-0.1, -0.05) is 18.5 Å². The summed E-state index contributed by atoms with van der Waals surface area (Å²) in [6.45, 7) is 1.67. The summed E-state index contributed by atoms with van der Waals surface area (Å²) >= 11 is 5.88. The number of Topliss-reactive ketones (excluding diaryl/α,β-unsaturated/α-hetero) is 1. The van der Waals surface area contributed by atoms with Crippen molar-refractivity contribution < 1.29 is 23.2 Å². The molecule has 1 aromatic carbocycles. The zero-order valence-corrected chi connectivity index (χ0v) is 17.0. The van der Waals surface area contributed by atoms with Gasteiger partial charge in [0, 0.05) is 12.5 Å². The van der Waals surface area contributed by atoms with Crippen LogP contribution in [0, 0.1) is 5.82 Å². The molecule has 3 rings (SSSR count). The number of amides is 2. The van der Waals surface area contributed by atoms with E-state index in [9.17, 15) is 18.8 Å². The Hall–Kier alpha value is -2.81. The summed E-state index contributed by atoms with van der Waals surface area (Å²) in [6, 6.07) is 3.06. The van der Waals surface area contributed by atoms with Crippen molar-refractivity contribution in [3.05, 3.63) is 46.8 Å². The Morgan fingerprint density at radius 3 is 2.63 bits per heavy atom. The zero-order chi connectivity index (χ0) is 21.9. The quantitative estimate of drug-likeness (QED) is 0.596. The Labute approximate surface area is 176 Å². The van der Waals surface area contributed by atoms with E-state index in [1.165, 1.54) is 12.4 Å². The smallest absolute Gasteiger partial charge is 0.270 e. The van der Waals surface area contributed by atoms with Gasteiger partial charge in [-0.2, -0.15) is 0 Å². The number of halogens is 3. The van der Waals surface area contributed by atoms with Crippen molar-refractivity contribution in [1.82, 2.24) is 15.3 Å². The second-order valence-corrected chi connectivity index (χ2v) is 7.60. The van der Waals surface area contributed by atoms with Crippen molar-refractivity contribution in [3.8, 4) is 0 Å². The van der Waals surface area contributed by atoms with Gasteiger partial charge < -0.3 is 15.6 Å². The number of benzene rings is 1. The maximum Gasteiger partial charge on any atom is 0.270 e. The van der Waals surface area contributed by atoms with Crippen LogP contribution in [0.2, 0.25) is 5.02 Å². The molecule has 7 nitrogen and oxygen atoms in total. The van der Waals surface area contributed by atoms with Crippen molar-refractivity contribution in [2.45, 2.75) is 50.7 Å². The summed E-state index contributed by atoms with van der Waals surface area (Å²) in [6.07, 6.45) is 1.75. The summed E-state index contributed by atoms with van der Waals surface area (Å²) in [5.41, 5.74) is -1.86. The van der Waals surface area contributed by atoms with Crippen LogP contribution in [0.5, 0.6) is 0 Å². The number of aromatic nitrogens is 2. The summed E-state index contributed by atoms with van der Waals surface area (Å²) in [5, 5.41) is 5.14. The van der Waals surface area contributed by atoms with Gasteiger partial charge in [-0.3, -0.25) is 14.4 Å². The Balaban J connectivity index is 1.58. The second kappa shape index (κ2) is 8.91. The molecule has 30 heavy (non-hydrogen) atoms. The molecule has 1 aromatic heterocycles. The van der Waals surface area contributed by atoms with Gasteiger partial charge in [-0.15, -0.1) is 0 Å². The molecule has 160 valence electrons. The molecule has 1 saturated carbocycles. The lowest BCUT2D eigenvalue weighted by atomic mass is 9.82. The minimum Gasteiger partial charge on any atom is -0.348 e. The summed E-state index contributed by atoms with van der Waals surface area (Å²) in [7, 11) is 0. The molecule has 0 radical (unpaired) electrons. The lowest BCUT2D eigenvalue weighted by Gasteiger charge is -2.33. The molecule has 1 fully saturated rings. The first-order chi connectivity index (χ1) is 14.2. The van der Waals surface area contributed by atoms with E-state index < -0.39 is 23.3 Å². The Morgan fingerprint density at radius 2 is 2.00 bits per heavy atom. The van der Waals surface area contributed by atoms with Gasteiger partial charge in [0.15, 0.2) is 11.5 Å². The number of nitrogens with zero attached hydrogens (tertiary/aromatic N) is 1. The lowest BCUT2D eigenvalue weighted by Crippen LogP contribution is -2.47. The van der Waals surface area contributed by atoms with Crippen LogP contribution in [-0.4, -0.2) is 39.3 Å². The zero-order valence-electron chi connectivity index (χ0n) is 16.2. The third kappa shape index (κ3) is 4.67. The van der Waals surface area contributed by atoms with Crippen molar-refractivity contribution >= 4 is 34.9 Å². The normalized spacial score (nSPS) is 21.1. The molecule has 0 unspecified atom stereocenters. The SMILES string of the molecule is CCC(=O)c1nc[nH]c1C(=O)NC1CCC(F)(C(=O)Nc2ccc(F)cc2Cl)CC1. The number of anilines is 1. The number of carbonyl (C=O) groups is 3. The van der Waals surface area contributed by atoms with Crippen LogP contribution < -0.4 is 10.6 Å². The van der Waals surface area contributed by atoms with E-state index in [0.717, 1.165) is 12.1 Å². The highest BCUT2D eigenvalue weighted by Gasteiger charge is 2.42. The summed E-state index contributed by atoms with van der Waals surface area (Å²) in [4.78, 5) is 43.3. The maximum absolute atomic E-state index is 15.2. The maximum atomic E-state index is 15.2. The van der Waals surface area contributed by atoms with Crippen molar-refractivity contribution in [1.29, 1.82) is 0 Å². The van der Waals surface area contributed by atoms with Gasteiger partial charge in [0.1, 0.15) is 17.2 Å². The van der Waals surface area contributed by atoms with Gasteiger partial charge in [0.25, 0.3) is 11.8 Å². The molecular weight excluding hydrogens is 418 g/mol. The van der Waals surface area contributed by atoms with Crippen molar-refractivity contribution in [3.63, 3.8) is 0 Å². The van der Waals surface area contributed by atoms with E-state index >= 15 is 4.39 Å². The van der Waals surface area contributed by atoms with Crippen LogP contribution >= 0.6 is 11.6 Å². The molecular formula is C20H21ClF2N4O3. The number of H-pyrrole nitrogens is 1. The molecule has 0 spiro atoms. The monoisotopic (exact) mass is 438 g/mol. The predicted octanol–water partition coefficient (Wildman–Crippen LogP) is 3.81. The predicted molar refractivity (Wildman–Crippen MR) is 107 cm³/mol. The molecule has 0 aliphatic heterocycles. The highest BCUT2D eigenvalue weighted by atomic mass is 35.5. The first-order valence-corrected chi connectivity index (χ1v) is 9.94. The fourth-order valence-corrected chi connectivity index (χ4v) is 3.59.